The van der Waals surface area contributed by atoms with Gasteiger partial charge in [0.05, 0.1) is 19.2 Å². The SMILES string of the molecule is Cc1cc(F)ccc1-c1n(C)c2ccc(CC(C)C)c3c2[n+]1CC3. The van der Waals surface area contributed by atoms with Crippen LogP contribution in [0.15, 0.2) is 30.3 Å². The van der Waals surface area contributed by atoms with Crippen molar-refractivity contribution in [1.82, 2.24) is 4.57 Å². The molecule has 0 saturated heterocycles. The number of rotatable bonds is 3. The molecule has 124 valence electrons. The Morgan fingerprint density at radius 3 is 2.71 bits per heavy atom. The topological polar surface area (TPSA) is 8.81 Å². The van der Waals surface area contributed by atoms with Crippen LogP contribution in [0.2, 0.25) is 0 Å². The first-order valence-electron chi connectivity index (χ1n) is 8.77. The average Bonchev–Trinajstić information content (AvgIpc) is 3.05. The third kappa shape index (κ3) is 2.18. The zero-order chi connectivity index (χ0) is 17.0. The Kier molecular flexibility index (Phi) is 3.48. The summed E-state index contributed by atoms with van der Waals surface area (Å²) in [5.74, 6) is 1.68. The molecule has 1 aliphatic heterocycles. The van der Waals surface area contributed by atoms with Crippen LogP contribution in [0.4, 0.5) is 4.39 Å². The summed E-state index contributed by atoms with van der Waals surface area (Å²) in [6.07, 6.45) is 2.23. The Hall–Kier alpha value is -2.16. The number of benzene rings is 2. The standard InChI is InChI=1S/C21H24FN2/c1-13(2)11-15-5-8-19-20-18(15)9-10-24(20)21(23(19)4)17-7-6-16(22)12-14(17)3/h5-8,12-13H,9-11H2,1-4H3/q+1. The van der Waals surface area contributed by atoms with Gasteiger partial charge in [0.15, 0.2) is 11.0 Å². The lowest BCUT2D eigenvalue weighted by Crippen LogP contribution is -2.33. The monoisotopic (exact) mass is 323 g/mol. The van der Waals surface area contributed by atoms with Gasteiger partial charge in [0.25, 0.3) is 5.82 Å². The predicted octanol–water partition coefficient (Wildman–Crippen LogP) is 4.33. The second kappa shape index (κ2) is 5.44. The first-order valence-corrected chi connectivity index (χ1v) is 8.77. The Labute approximate surface area is 142 Å². The largest absolute Gasteiger partial charge is 0.289 e. The van der Waals surface area contributed by atoms with Crippen molar-refractivity contribution in [2.75, 3.05) is 0 Å². The molecular formula is C21H24FN2+. The molecule has 0 aliphatic carbocycles. The lowest BCUT2D eigenvalue weighted by Gasteiger charge is -2.08. The van der Waals surface area contributed by atoms with E-state index in [9.17, 15) is 4.39 Å². The van der Waals surface area contributed by atoms with Crippen LogP contribution < -0.4 is 4.57 Å². The third-order valence-corrected chi connectivity index (χ3v) is 5.21. The summed E-state index contributed by atoms with van der Waals surface area (Å²) in [4.78, 5) is 0. The zero-order valence-electron chi connectivity index (χ0n) is 14.9. The smallest absolute Gasteiger partial charge is 0.226 e. The molecule has 0 unspecified atom stereocenters. The van der Waals surface area contributed by atoms with Crippen molar-refractivity contribution in [3.05, 3.63) is 52.8 Å². The van der Waals surface area contributed by atoms with Crippen molar-refractivity contribution < 1.29 is 8.96 Å². The van der Waals surface area contributed by atoms with E-state index in [2.05, 4.69) is 42.2 Å². The Balaban J connectivity index is 1.98. The third-order valence-electron chi connectivity index (χ3n) is 5.21. The summed E-state index contributed by atoms with van der Waals surface area (Å²) < 4.78 is 18.2. The summed E-state index contributed by atoms with van der Waals surface area (Å²) >= 11 is 0. The summed E-state index contributed by atoms with van der Waals surface area (Å²) in [7, 11) is 2.12. The fraction of sp³-hybridized carbons (Fsp3) is 0.381. The van der Waals surface area contributed by atoms with Crippen molar-refractivity contribution in [2.24, 2.45) is 13.0 Å². The molecule has 2 heterocycles. The summed E-state index contributed by atoms with van der Waals surface area (Å²) in [5.41, 5.74) is 7.73. The molecule has 1 aliphatic rings. The van der Waals surface area contributed by atoms with E-state index in [0.29, 0.717) is 5.92 Å². The van der Waals surface area contributed by atoms with Gasteiger partial charge in [-0.15, -0.1) is 0 Å². The zero-order valence-corrected chi connectivity index (χ0v) is 14.9. The predicted molar refractivity (Wildman–Crippen MR) is 95.5 cm³/mol. The van der Waals surface area contributed by atoms with Crippen LogP contribution in [0.3, 0.4) is 0 Å². The number of aromatic nitrogens is 2. The number of nitrogens with zero attached hydrogens (tertiary/aromatic N) is 2. The van der Waals surface area contributed by atoms with Gasteiger partial charge >= 0.3 is 0 Å². The molecule has 0 amide bonds. The van der Waals surface area contributed by atoms with Crippen LogP contribution in [0.25, 0.3) is 22.4 Å². The number of imidazole rings is 1. The molecule has 0 saturated carbocycles. The Morgan fingerprint density at radius 1 is 1.21 bits per heavy atom. The van der Waals surface area contributed by atoms with Gasteiger partial charge in [-0.05, 0) is 54.7 Å². The molecule has 1 aromatic heterocycles. The minimum atomic E-state index is -0.170. The molecule has 2 nitrogen and oxygen atoms in total. The van der Waals surface area contributed by atoms with Gasteiger partial charge in [0, 0.05) is 12.0 Å². The van der Waals surface area contributed by atoms with Crippen LogP contribution in [-0.4, -0.2) is 4.57 Å². The average molecular weight is 323 g/mol. The molecule has 0 radical (unpaired) electrons. The van der Waals surface area contributed by atoms with Crippen LogP contribution in [0.5, 0.6) is 0 Å². The van der Waals surface area contributed by atoms with Crippen molar-refractivity contribution in [2.45, 2.75) is 40.2 Å². The van der Waals surface area contributed by atoms with Crippen LogP contribution in [0, 0.1) is 18.7 Å². The molecule has 2 aromatic carbocycles. The van der Waals surface area contributed by atoms with Gasteiger partial charge in [0.1, 0.15) is 5.82 Å². The molecule has 0 fully saturated rings. The second-order valence-corrected chi connectivity index (χ2v) is 7.41. The van der Waals surface area contributed by atoms with Crippen molar-refractivity contribution >= 4 is 11.0 Å². The maximum atomic E-state index is 13.5. The van der Waals surface area contributed by atoms with Gasteiger partial charge in [-0.2, -0.15) is 0 Å². The second-order valence-electron chi connectivity index (χ2n) is 7.41. The number of aryl methyl sites for hydroxylation is 4. The van der Waals surface area contributed by atoms with Crippen molar-refractivity contribution in [3.63, 3.8) is 0 Å². The summed E-state index contributed by atoms with van der Waals surface area (Å²) in [6.45, 7) is 7.55. The van der Waals surface area contributed by atoms with E-state index in [1.807, 2.05) is 13.0 Å². The molecule has 24 heavy (non-hydrogen) atoms. The molecule has 3 aromatic rings. The van der Waals surface area contributed by atoms with E-state index in [1.54, 1.807) is 12.1 Å². The van der Waals surface area contributed by atoms with E-state index >= 15 is 0 Å². The van der Waals surface area contributed by atoms with Gasteiger partial charge in [-0.25, -0.2) is 13.5 Å². The molecule has 0 atom stereocenters. The Morgan fingerprint density at radius 2 is 2.00 bits per heavy atom. The summed E-state index contributed by atoms with van der Waals surface area (Å²) in [6, 6.07) is 9.65. The van der Waals surface area contributed by atoms with E-state index in [4.69, 9.17) is 0 Å². The normalized spacial score (nSPS) is 13.4. The number of hydrogen-bond donors (Lipinski definition) is 0. The minimum absolute atomic E-state index is 0.170. The van der Waals surface area contributed by atoms with Gasteiger partial charge in [0.2, 0.25) is 0 Å². The fourth-order valence-corrected chi connectivity index (χ4v) is 4.19. The molecule has 0 bridgehead atoms. The van der Waals surface area contributed by atoms with E-state index < -0.39 is 0 Å². The molecule has 4 rings (SSSR count). The number of halogens is 1. The van der Waals surface area contributed by atoms with Crippen LogP contribution in [0.1, 0.15) is 30.5 Å². The van der Waals surface area contributed by atoms with Gasteiger partial charge in [-0.1, -0.05) is 19.9 Å². The van der Waals surface area contributed by atoms with Gasteiger partial charge < -0.3 is 0 Å². The van der Waals surface area contributed by atoms with Crippen LogP contribution in [-0.2, 0) is 26.4 Å². The Bertz CT molecular complexity index is 950. The van der Waals surface area contributed by atoms with Crippen molar-refractivity contribution in [1.29, 1.82) is 0 Å². The maximum Gasteiger partial charge on any atom is 0.289 e. The molecule has 0 spiro atoms. The first-order chi connectivity index (χ1) is 11.5. The highest BCUT2D eigenvalue weighted by Crippen LogP contribution is 2.32. The quantitative estimate of drug-likeness (QED) is 0.634. The number of hydrogen-bond acceptors (Lipinski definition) is 0. The summed E-state index contributed by atoms with van der Waals surface area (Å²) in [5, 5.41) is 0. The van der Waals surface area contributed by atoms with E-state index in [1.165, 1.54) is 28.0 Å². The lowest BCUT2D eigenvalue weighted by atomic mass is 9.96. The highest BCUT2D eigenvalue weighted by Gasteiger charge is 2.32. The van der Waals surface area contributed by atoms with Crippen molar-refractivity contribution in [3.8, 4) is 11.4 Å². The minimum Gasteiger partial charge on any atom is -0.226 e. The highest BCUT2D eigenvalue weighted by molar-refractivity contribution is 5.81. The van der Waals surface area contributed by atoms with Crippen LogP contribution >= 0.6 is 0 Å². The molecule has 0 N–H and O–H groups in total. The highest BCUT2D eigenvalue weighted by atomic mass is 19.1. The maximum absolute atomic E-state index is 13.5. The molecule has 3 heteroatoms. The lowest BCUT2D eigenvalue weighted by molar-refractivity contribution is -0.653. The van der Waals surface area contributed by atoms with E-state index in [-0.39, 0.29) is 5.82 Å². The van der Waals surface area contributed by atoms with E-state index in [0.717, 1.165) is 30.5 Å². The fourth-order valence-electron chi connectivity index (χ4n) is 4.19. The van der Waals surface area contributed by atoms with Gasteiger partial charge in [-0.3, -0.25) is 0 Å². The molecular weight excluding hydrogens is 299 g/mol. The first kappa shape index (κ1) is 15.4.